The van der Waals surface area contributed by atoms with Gasteiger partial charge in [0.25, 0.3) is 0 Å². The smallest absolute Gasteiger partial charge is 0.217 e. The van der Waals surface area contributed by atoms with E-state index in [1.54, 1.807) is 0 Å². The van der Waals surface area contributed by atoms with Crippen molar-refractivity contribution in [2.75, 3.05) is 52.4 Å². The van der Waals surface area contributed by atoms with Gasteiger partial charge in [0.15, 0.2) is 0 Å². The summed E-state index contributed by atoms with van der Waals surface area (Å²) in [5.74, 6) is 0.668. The van der Waals surface area contributed by atoms with E-state index >= 15 is 0 Å². The first kappa shape index (κ1) is 22.5. The van der Waals surface area contributed by atoms with Crippen LogP contribution in [0.15, 0.2) is 0 Å². The highest BCUT2D eigenvalue weighted by molar-refractivity contribution is 7.89. The Hall–Kier alpha value is -0.250. The lowest BCUT2D eigenvalue weighted by Crippen LogP contribution is -2.71. The summed E-state index contributed by atoms with van der Waals surface area (Å²) in [7, 11) is -3.22. The summed E-state index contributed by atoms with van der Waals surface area (Å²) in [6, 6.07) is 0.376. The van der Waals surface area contributed by atoms with Crippen molar-refractivity contribution in [2.24, 2.45) is 11.7 Å². The van der Waals surface area contributed by atoms with Crippen LogP contribution in [0.4, 0.5) is 0 Å². The van der Waals surface area contributed by atoms with E-state index < -0.39 is 10.0 Å². The second-order valence-corrected chi connectivity index (χ2v) is 13.0. The molecule has 2 unspecified atom stereocenters. The molecule has 3 N–H and O–H groups in total. The third kappa shape index (κ3) is 4.10. The van der Waals surface area contributed by atoms with Crippen LogP contribution in [-0.4, -0.2) is 97.8 Å². The minimum atomic E-state index is -3.22. The lowest BCUT2D eigenvalue weighted by Gasteiger charge is -2.57. The van der Waals surface area contributed by atoms with Crippen molar-refractivity contribution in [3.63, 3.8) is 0 Å². The molecule has 1 aliphatic carbocycles. The highest BCUT2D eigenvalue weighted by Gasteiger charge is 2.51. The van der Waals surface area contributed by atoms with E-state index in [2.05, 4.69) is 15.1 Å². The molecule has 5 saturated heterocycles. The number of fused-ring (bicyclic) bond motifs is 4. The zero-order valence-corrected chi connectivity index (χ0v) is 20.0. The predicted molar refractivity (Wildman–Crippen MR) is 124 cm³/mol. The van der Waals surface area contributed by atoms with E-state index in [1.165, 1.54) is 32.1 Å². The Bertz CT molecular complexity index is 711. The average molecular weight is 454 g/mol. The Balaban J connectivity index is 1.30. The van der Waals surface area contributed by atoms with Crippen molar-refractivity contribution in [3.05, 3.63) is 0 Å². The van der Waals surface area contributed by atoms with E-state index in [1.807, 2.05) is 4.31 Å². The monoisotopic (exact) mass is 453 g/mol. The first-order valence-electron chi connectivity index (χ1n) is 13.0. The second-order valence-electron chi connectivity index (χ2n) is 10.8. The number of nitrogens with zero attached hydrogens (tertiary/aromatic N) is 3. The molecule has 0 aromatic carbocycles. The van der Waals surface area contributed by atoms with Gasteiger partial charge in [-0.1, -0.05) is 19.3 Å². The maximum Gasteiger partial charge on any atom is 0.217 e. The van der Waals surface area contributed by atoms with E-state index in [-0.39, 0.29) is 22.9 Å². The molecule has 0 spiro atoms. The first-order valence-corrected chi connectivity index (χ1v) is 14.5. The number of hydrogen-bond donors (Lipinski definition) is 2. The highest BCUT2D eigenvalue weighted by atomic mass is 32.2. The summed E-state index contributed by atoms with van der Waals surface area (Å²) in [6.07, 6.45) is 11.2. The molecule has 0 amide bonds. The molecule has 0 aromatic rings. The first-order chi connectivity index (χ1) is 15.0. The molecule has 1 saturated carbocycles. The topological polar surface area (TPSA) is 81.9 Å². The zero-order chi connectivity index (χ0) is 21.5. The van der Waals surface area contributed by atoms with Crippen molar-refractivity contribution >= 4 is 10.0 Å². The van der Waals surface area contributed by atoms with Crippen LogP contribution in [0.1, 0.15) is 64.2 Å². The number of nitrogens with two attached hydrogens (primary N) is 1. The summed E-state index contributed by atoms with van der Waals surface area (Å²) >= 11 is 0. The summed E-state index contributed by atoms with van der Waals surface area (Å²) < 4.78 is 29.2. The van der Waals surface area contributed by atoms with Gasteiger partial charge in [0.2, 0.25) is 10.0 Å². The van der Waals surface area contributed by atoms with E-state index in [0.29, 0.717) is 12.5 Å². The highest BCUT2D eigenvalue weighted by Crippen LogP contribution is 2.43. The third-order valence-corrected chi connectivity index (χ3v) is 11.8. The van der Waals surface area contributed by atoms with Crippen molar-refractivity contribution < 1.29 is 8.42 Å². The van der Waals surface area contributed by atoms with Gasteiger partial charge in [0.1, 0.15) is 0 Å². The van der Waals surface area contributed by atoms with Gasteiger partial charge in [0, 0.05) is 50.3 Å². The van der Waals surface area contributed by atoms with Crippen LogP contribution in [0.25, 0.3) is 0 Å². The van der Waals surface area contributed by atoms with Crippen molar-refractivity contribution in [2.45, 2.75) is 87.1 Å². The van der Waals surface area contributed by atoms with E-state index in [4.69, 9.17) is 5.73 Å². The van der Waals surface area contributed by atoms with Crippen LogP contribution in [0.5, 0.6) is 0 Å². The van der Waals surface area contributed by atoms with Gasteiger partial charge >= 0.3 is 0 Å². The maximum atomic E-state index is 13.7. The summed E-state index contributed by atoms with van der Waals surface area (Å²) in [5.41, 5.74) is 6.90. The van der Waals surface area contributed by atoms with Crippen molar-refractivity contribution in [1.29, 1.82) is 0 Å². The van der Waals surface area contributed by atoms with E-state index in [9.17, 15) is 8.42 Å². The van der Waals surface area contributed by atoms with Crippen molar-refractivity contribution in [3.8, 4) is 0 Å². The molecule has 31 heavy (non-hydrogen) atoms. The number of likely N-dealkylation sites (tertiary alicyclic amines) is 1. The third-order valence-electron chi connectivity index (χ3n) is 9.40. The lowest BCUT2D eigenvalue weighted by atomic mass is 9.66. The summed E-state index contributed by atoms with van der Waals surface area (Å²) in [6.45, 7) is 7.42. The molecular formula is C23H43N5O2S. The molecular weight excluding hydrogens is 410 g/mol. The van der Waals surface area contributed by atoms with Crippen LogP contribution in [0.2, 0.25) is 0 Å². The molecule has 0 radical (unpaired) electrons. The SMILES string of the molecule is NC1CNCCC1(C1CCCCC1)N1CCC(S(=O)(=O)N2CCN3CCC2CC3)CC1. The van der Waals surface area contributed by atoms with Crippen LogP contribution < -0.4 is 11.1 Å². The minimum Gasteiger partial charge on any atom is -0.325 e. The van der Waals surface area contributed by atoms with Gasteiger partial charge in [-0.15, -0.1) is 0 Å². The molecule has 6 aliphatic rings. The molecule has 2 bridgehead atoms. The summed E-state index contributed by atoms with van der Waals surface area (Å²) in [5, 5.41) is 3.30. The molecule has 5 heterocycles. The summed E-state index contributed by atoms with van der Waals surface area (Å²) in [4.78, 5) is 5.08. The van der Waals surface area contributed by atoms with Gasteiger partial charge < -0.3 is 16.0 Å². The zero-order valence-electron chi connectivity index (χ0n) is 19.2. The molecule has 5 aliphatic heterocycles. The largest absolute Gasteiger partial charge is 0.325 e. The maximum absolute atomic E-state index is 13.7. The fourth-order valence-electron chi connectivity index (χ4n) is 7.62. The Morgan fingerprint density at radius 3 is 2.23 bits per heavy atom. The molecule has 8 heteroatoms. The Labute approximate surface area is 189 Å². The number of piperidine rings is 3. The van der Waals surface area contributed by atoms with Gasteiger partial charge in [-0.25, -0.2) is 8.42 Å². The van der Waals surface area contributed by atoms with Crippen molar-refractivity contribution in [1.82, 2.24) is 19.4 Å². The quantitative estimate of drug-likeness (QED) is 0.666. The van der Waals surface area contributed by atoms with Gasteiger partial charge in [0.05, 0.1) is 5.25 Å². The fourth-order valence-corrected chi connectivity index (χ4v) is 9.77. The second kappa shape index (κ2) is 9.18. The molecule has 6 rings (SSSR count). The Kier molecular flexibility index (Phi) is 6.68. The van der Waals surface area contributed by atoms with Crippen LogP contribution in [0.3, 0.4) is 0 Å². The van der Waals surface area contributed by atoms with Gasteiger partial charge in [-0.05, 0) is 70.5 Å². The van der Waals surface area contributed by atoms with E-state index in [0.717, 1.165) is 77.9 Å². The van der Waals surface area contributed by atoms with Crippen LogP contribution in [0, 0.1) is 5.92 Å². The lowest BCUT2D eigenvalue weighted by molar-refractivity contribution is -0.0346. The van der Waals surface area contributed by atoms with Crippen LogP contribution >= 0.6 is 0 Å². The van der Waals surface area contributed by atoms with Gasteiger partial charge in [-0.2, -0.15) is 4.31 Å². The number of sulfonamides is 1. The van der Waals surface area contributed by atoms with Crippen LogP contribution in [-0.2, 0) is 10.0 Å². The Morgan fingerprint density at radius 2 is 1.55 bits per heavy atom. The molecule has 178 valence electrons. The molecule has 7 nitrogen and oxygen atoms in total. The average Bonchev–Trinajstić information content (AvgIpc) is 3.15. The number of rotatable bonds is 4. The fraction of sp³-hybridized carbons (Fsp3) is 1.00. The number of hydrogen-bond acceptors (Lipinski definition) is 6. The molecule has 0 aromatic heterocycles. The predicted octanol–water partition coefficient (Wildman–Crippen LogP) is 1.20. The standard InChI is InChI=1S/C23H43N5O2S/c24-22-18-25-11-10-23(22,19-4-2-1-3-5-19)27-14-8-21(9-15-27)31(29,30)28-17-16-26-12-6-20(28)7-13-26/h19-22,25H,1-18,24H2. The Morgan fingerprint density at radius 1 is 0.839 bits per heavy atom. The molecule has 6 fully saturated rings. The minimum absolute atomic E-state index is 0.0644. The van der Waals surface area contributed by atoms with Gasteiger partial charge in [-0.3, -0.25) is 4.90 Å². The normalized spacial score (nSPS) is 40.1. The molecule has 2 atom stereocenters. The number of nitrogens with one attached hydrogen (secondary N) is 1.